The van der Waals surface area contributed by atoms with E-state index in [1.165, 1.54) is 4.98 Å². The number of nitrogens with zero attached hydrogens (tertiary/aromatic N) is 1. The van der Waals surface area contributed by atoms with Crippen LogP contribution in [0.25, 0.3) is 0 Å². The van der Waals surface area contributed by atoms with Gasteiger partial charge in [0.25, 0.3) is 5.56 Å². The summed E-state index contributed by atoms with van der Waals surface area (Å²) in [5.41, 5.74) is -5.00. The first-order valence-electron chi connectivity index (χ1n) is 9.16. The Labute approximate surface area is 162 Å². The van der Waals surface area contributed by atoms with Crippen LogP contribution in [0, 0.1) is 5.92 Å². The Balaban J connectivity index is 1.84. The fraction of sp³-hybridized carbons (Fsp3) is 0.765. The first kappa shape index (κ1) is 21.9. The van der Waals surface area contributed by atoms with Crippen LogP contribution in [-0.4, -0.2) is 50.5 Å². The highest BCUT2D eigenvalue weighted by molar-refractivity contribution is 5.09. The number of rotatable bonds is 5. The van der Waals surface area contributed by atoms with Gasteiger partial charge in [-0.2, -0.15) is 13.2 Å². The molecule has 0 aromatic carbocycles. The first-order valence-corrected chi connectivity index (χ1v) is 9.16. The summed E-state index contributed by atoms with van der Waals surface area (Å²) < 4.78 is 64.5. The van der Waals surface area contributed by atoms with Crippen molar-refractivity contribution in [3.05, 3.63) is 32.6 Å². The Morgan fingerprint density at radius 2 is 2.03 bits per heavy atom. The number of nitrogens with one attached hydrogen (secondary N) is 1. The molecular formula is C17H22F4N2O6. The van der Waals surface area contributed by atoms with Gasteiger partial charge < -0.3 is 19.7 Å². The Hall–Kier alpha value is -1.76. The van der Waals surface area contributed by atoms with E-state index in [9.17, 15) is 37.4 Å². The fourth-order valence-corrected chi connectivity index (χ4v) is 3.57. The first-order chi connectivity index (χ1) is 13.4. The highest BCUT2D eigenvalue weighted by Crippen LogP contribution is 2.39. The standard InChI is InChI=1S/C17H22F4N2O6/c1-16(5-8-3-2-4-8)28-7-10(24)12(29-16)11(25)13(18)23-6-9(17(19,20)21)14(26)22-15(23)27/h6,8,10-13,24-25H,2-5,7H2,1H3,(H,22,26,27)/t10?,11?,12-,13?,16+/m1/s1. The lowest BCUT2D eigenvalue weighted by Gasteiger charge is -2.45. The van der Waals surface area contributed by atoms with Crippen LogP contribution in [0.15, 0.2) is 15.8 Å². The fourth-order valence-electron chi connectivity index (χ4n) is 3.57. The second kappa shape index (κ2) is 7.82. The number of hydrogen-bond acceptors (Lipinski definition) is 6. The van der Waals surface area contributed by atoms with Crippen LogP contribution in [0.3, 0.4) is 0 Å². The zero-order valence-electron chi connectivity index (χ0n) is 15.5. The minimum atomic E-state index is -5.14. The lowest BCUT2D eigenvalue weighted by molar-refractivity contribution is -0.338. The summed E-state index contributed by atoms with van der Waals surface area (Å²) in [4.78, 5) is 24.5. The van der Waals surface area contributed by atoms with E-state index >= 15 is 0 Å². The summed E-state index contributed by atoms with van der Waals surface area (Å²) in [5.74, 6) is -0.909. The van der Waals surface area contributed by atoms with Crippen molar-refractivity contribution in [1.82, 2.24) is 9.55 Å². The molecule has 164 valence electrons. The summed E-state index contributed by atoms with van der Waals surface area (Å²) in [6.07, 6.45) is -9.68. The summed E-state index contributed by atoms with van der Waals surface area (Å²) >= 11 is 0. The minimum Gasteiger partial charge on any atom is -0.388 e. The van der Waals surface area contributed by atoms with Crippen molar-refractivity contribution >= 4 is 0 Å². The number of alkyl halides is 4. The Morgan fingerprint density at radius 3 is 2.59 bits per heavy atom. The van der Waals surface area contributed by atoms with Crippen molar-refractivity contribution in [2.45, 2.75) is 69.2 Å². The maximum atomic E-state index is 14.8. The smallest absolute Gasteiger partial charge is 0.388 e. The van der Waals surface area contributed by atoms with Gasteiger partial charge >= 0.3 is 11.9 Å². The zero-order chi connectivity index (χ0) is 21.6. The predicted molar refractivity (Wildman–Crippen MR) is 89.7 cm³/mol. The number of H-pyrrole nitrogens is 1. The maximum absolute atomic E-state index is 14.8. The molecule has 1 aliphatic heterocycles. The second-order valence-corrected chi connectivity index (χ2v) is 7.67. The molecule has 12 heteroatoms. The van der Waals surface area contributed by atoms with E-state index in [-0.39, 0.29) is 17.4 Å². The Morgan fingerprint density at radius 1 is 1.38 bits per heavy atom. The monoisotopic (exact) mass is 426 g/mol. The highest BCUT2D eigenvalue weighted by Gasteiger charge is 2.47. The largest absolute Gasteiger partial charge is 0.423 e. The van der Waals surface area contributed by atoms with E-state index in [1.54, 1.807) is 6.92 Å². The number of aliphatic hydroxyl groups is 2. The van der Waals surface area contributed by atoms with Crippen LogP contribution in [0.2, 0.25) is 0 Å². The molecular weight excluding hydrogens is 404 g/mol. The average Bonchev–Trinajstić information content (AvgIpc) is 2.58. The van der Waals surface area contributed by atoms with Crippen LogP contribution in [0.1, 0.15) is 44.5 Å². The molecule has 1 saturated carbocycles. The van der Waals surface area contributed by atoms with Gasteiger partial charge in [-0.1, -0.05) is 19.3 Å². The van der Waals surface area contributed by atoms with Gasteiger partial charge in [-0.05, 0) is 12.8 Å². The van der Waals surface area contributed by atoms with Gasteiger partial charge in [-0.25, -0.2) is 9.18 Å². The van der Waals surface area contributed by atoms with Crippen LogP contribution < -0.4 is 11.2 Å². The molecule has 1 saturated heterocycles. The molecule has 2 aliphatic rings. The molecule has 3 rings (SSSR count). The van der Waals surface area contributed by atoms with E-state index in [1.807, 2.05) is 0 Å². The highest BCUT2D eigenvalue weighted by atomic mass is 19.4. The lowest BCUT2D eigenvalue weighted by Crippen LogP contribution is -2.57. The van der Waals surface area contributed by atoms with Crippen molar-refractivity contribution in [2.24, 2.45) is 5.92 Å². The van der Waals surface area contributed by atoms with E-state index in [2.05, 4.69) is 0 Å². The number of hydrogen-bond donors (Lipinski definition) is 3. The molecule has 1 aromatic rings. The number of aliphatic hydroxyl groups excluding tert-OH is 2. The minimum absolute atomic E-state index is 0.00563. The van der Waals surface area contributed by atoms with E-state index in [0.29, 0.717) is 12.3 Å². The maximum Gasteiger partial charge on any atom is 0.423 e. The van der Waals surface area contributed by atoms with Gasteiger partial charge in [0, 0.05) is 12.6 Å². The molecule has 29 heavy (non-hydrogen) atoms. The number of halogens is 4. The van der Waals surface area contributed by atoms with Gasteiger partial charge in [0.15, 0.2) is 5.79 Å². The topological polar surface area (TPSA) is 114 Å². The third-order valence-electron chi connectivity index (χ3n) is 5.37. The van der Waals surface area contributed by atoms with Crippen LogP contribution in [-0.2, 0) is 15.7 Å². The average molecular weight is 426 g/mol. The van der Waals surface area contributed by atoms with Gasteiger partial charge in [0.05, 0.1) is 6.61 Å². The molecule has 1 aliphatic carbocycles. The van der Waals surface area contributed by atoms with Gasteiger partial charge in [-0.15, -0.1) is 0 Å². The molecule has 1 aromatic heterocycles. The van der Waals surface area contributed by atoms with E-state index in [0.717, 1.165) is 19.3 Å². The molecule has 2 fully saturated rings. The molecule has 3 N–H and O–H groups in total. The normalized spacial score (nSPS) is 30.6. The SMILES string of the molecule is C[C@]1(CC2CCC2)OCC(O)[C@H](C(O)C(F)n2cc(C(F)(F)F)c(=O)[nH]c2=O)O1. The molecule has 5 atom stereocenters. The number of ether oxygens (including phenoxy) is 2. The molecule has 0 spiro atoms. The molecule has 0 bridgehead atoms. The third kappa shape index (κ3) is 4.55. The third-order valence-corrected chi connectivity index (χ3v) is 5.37. The Kier molecular flexibility index (Phi) is 5.91. The van der Waals surface area contributed by atoms with Crippen molar-refractivity contribution in [3.63, 3.8) is 0 Å². The predicted octanol–water partition coefficient (Wildman–Crippen LogP) is 1.07. The van der Waals surface area contributed by atoms with Crippen molar-refractivity contribution < 1.29 is 37.2 Å². The summed E-state index contributed by atoms with van der Waals surface area (Å²) in [6.45, 7) is 1.28. The number of aromatic amines is 1. The van der Waals surface area contributed by atoms with Gasteiger partial charge in [-0.3, -0.25) is 14.3 Å². The zero-order valence-corrected chi connectivity index (χ0v) is 15.5. The quantitative estimate of drug-likeness (QED) is 0.607. The van der Waals surface area contributed by atoms with Crippen molar-refractivity contribution in [2.75, 3.05) is 6.61 Å². The molecule has 3 unspecified atom stereocenters. The summed E-state index contributed by atoms with van der Waals surface area (Å²) in [5, 5.41) is 20.4. The lowest BCUT2D eigenvalue weighted by atomic mass is 9.80. The van der Waals surface area contributed by atoms with Crippen LogP contribution in [0.5, 0.6) is 0 Å². The summed E-state index contributed by atoms with van der Waals surface area (Å²) in [6, 6.07) is 0. The number of aromatic nitrogens is 2. The second-order valence-electron chi connectivity index (χ2n) is 7.67. The molecule has 0 radical (unpaired) electrons. The van der Waals surface area contributed by atoms with E-state index in [4.69, 9.17) is 9.47 Å². The van der Waals surface area contributed by atoms with E-state index < -0.39 is 53.4 Å². The summed E-state index contributed by atoms with van der Waals surface area (Å²) in [7, 11) is 0. The van der Waals surface area contributed by atoms with Crippen molar-refractivity contribution in [1.29, 1.82) is 0 Å². The molecule has 2 heterocycles. The molecule has 0 amide bonds. The Bertz CT molecular complexity index is 852. The van der Waals surface area contributed by atoms with Crippen molar-refractivity contribution in [3.8, 4) is 0 Å². The molecule has 8 nitrogen and oxygen atoms in total. The van der Waals surface area contributed by atoms with Gasteiger partial charge in [0.2, 0.25) is 6.30 Å². The van der Waals surface area contributed by atoms with Crippen LogP contribution >= 0.6 is 0 Å². The van der Waals surface area contributed by atoms with Crippen LogP contribution in [0.4, 0.5) is 17.6 Å². The van der Waals surface area contributed by atoms with Gasteiger partial charge in [0.1, 0.15) is 23.9 Å².